The Balaban J connectivity index is 1.39. The van der Waals surface area contributed by atoms with E-state index in [0.717, 1.165) is 5.56 Å². The first-order valence-electron chi connectivity index (χ1n) is 10.9. The Bertz CT molecular complexity index is 1060. The van der Waals surface area contributed by atoms with Crippen LogP contribution in [0.1, 0.15) is 30.9 Å². The smallest absolute Gasteiger partial charge is 0.410 e. The minimum absolute atomic E-state index is 0.0411. The van der Waals surface area contributed by atoms with Crippen molar-refractivity contribution in [3.05, 3.63) is 60.2 Å². The van der Waals surface area contributed by atoms with Gasteiger partial charge < -0.3 is 24.8 Å². The number of hydrogen-bond donors (Lipinski definition) is 2. The summed E-state index contributed by atoms with van der Waals surface area (Å²) in [5.74, 6) is 0.418. The van der Waals surface area contributed by atoms with Crippen LogP contribution >= 0.6 is 0 Å². The maximum absolute atomic E-state index is 12.5. The average molecular weight is 453 g/mol. The monoisotopic (exact) mass is 452 g/mol. The molecule has 1 aromatic carbocycles. The second-order valence-electron chi connectivity index (χ2n) is 8.14. The Morgan fingerprint density at radius 3 is 2.82 bits per heavy atom. The number of piperazine rings is 1. The Morgan fingerprint density at radius 2 is 2.09 bits per heavy atom. The number of hydrogen-bond acceptors (Lipinski definition) is 8. The fraction of sp³-hybridized carbons (Fsp3) is 0.391. The van der Waals surface area contributed by atoms with Gasteiger partial charge in [-0.15, -0.1) is 0 Å². The lowest BCUT2D eigenvalue weighted by Gasteiger charge is -2.33. The topological polar surface area (TPSA) is 115 Å². The molecule has 0 spiro atoms. The highest BCUT2D eigenvalue weighted by Gasteiger charge is 2.26. The van der Waals surface area contributed by atoms with Crippen LogP contribution in [0.4, 0.5) is 4.79 Å². The number of nitrogens with zero attached hydrogens (tertiary/aromatic N) is 5. The Morgan fingerprint density at radius 1 is 1.27 bits per heavy atom. The summed E-state index contributed by atoms with van der Waals surface area (Å²) in [5.41, 5.74) is 1.48. The van der Waals surface area contributed by atoms with Gasteiger partial charge in [-0.1, -0.05) is 44.2 Å². The zero-order chi connectivity index (χ0) is 23.2. The predicted octanol–water partition coefficient (Wildman–Crippen LogP) is 2.48. The molecule has 1 aliphatic rings. The van der Waals surface area contributed by atoms with E-state index in [1.807, 2.05) is 44.2 Å². The first-order valence-corrected chi connectivity index (χ1v) is 10.9. The fourth-order valence-electron chi connectivity index (χ4n) is 3.63. The van der Waals surface area contributed by atoms with Crippen LogP contribution in [-0.4, -0.2) is 67.9 Å². The van der Waals surface area contributed by atoms with Gasteiger partial charge in [0.25, 0.3) is 0 Å². The predicted molar refractivity (Wildman–Crippen MR) is 120 cm³/mol. The first-order chi connectivity index (χ1) is 16.0. The van der Waals surface area contributed by atoms with E-state index in [2.05, 4.69) is 20.3 Å². The molecule has 3 aromatic rings. The van der Waals surface area contributed by atoms with Gasteiger partial charge in [0.05, 0.1) is 11.6 Å². The third-order valence-electron chi connectivity index (χ3n) is 5.33. The number of imidazole rings is 1. The average Bonchev–Trinajstić information content (AvgIpc) is 3.36. The summed E-state index contributed by atoms with van der Waals surface area (Å²) >= 11 is 0. The van der Waals surface area contributed by atoms with Gasteiger partial charge in [0, 0.05) is 32.0 Å². The second kappa shape index (κ2) is 10.3. The van der Waals surface area contributed by atoms with Crippen molar-refractivity contribution in [1.82, 2.24) is 29.7 Å². The van der Waals surface area contributed by atoms with Crippen LogP contribution in [0, 0.1) is 0 Å². The molecule has 1 saturated heterocycles. The number of carbonyl (C=O) groups is 1. The van der Waals surface area contributed by atoms with Gasteiger partial charge in [0.2, 0.25) is 17.7 Å². The highest BCUT2D eigenvalue weighted by Crippen LogP contribution is 2.32. The molecule has 10 nitrogen and oxygen atoms in total. The molecular weight excluding hydrogens is 424 g/mol. The van der Waals surface area contributed by atoms with Crippen LogP contribution < -0.4 is 10.1 Å². The quantitative estimate of drug-likeness (QED) is 0.562. The van der Waals surface area contributed by atoms with Crippen LogP contribution in [0.25, 0.3) is 5.95 Å². The SMILES string of the molecule is CC(C)c1c(O)nc(-n2ccnc2)nc1OCC1CN(C(=O)OCc2ccccc2)CCN1. The van der Waals surface area contributed by atoms with Gasteiger partial charge in [-0.3, -0.25) is 4.57 Å². The fourth-order valence-corrected chi connectivity index (χ4v) is 3.63. The van der Waals surface area contributed by atoms with Crippen LogP contribution in [-0.2, 0) is 11.3 Å². The molecule has 0 saturated carbocycles. The molecule has 1 unspecified atom stereocenters. The third kappa shape index (κ3) is 5.58. The summed E-state index contributed by atoms with van der Waals surface area (Å²) in [6, 6.07) is 9.47. The molecule has 174 valence electrons. The van der Waals surface area contributed by atoms with E-state index in [1.54, 1.807) is 28.2 Å². The first kappa shape index (κ1) is 22.5. The number of aromatic hydroxyl groups is 1. The maximum Gasteiger partial charge on any atom is 0.410 e. The van der Waals surface area contributed by atoms with E-state index in [9.17, 15) is 9.90 Å². The van der Waals surface area contributed by atoms with Crippen molar-refractivity contribution in [2.75, 3.05) is 26.2 Å². The van der Waals surface area contributed by atoms with E-state index >= 15 is 0 Å². The highest BCUT2D eigenvalue weighted by molar-refractivity contribution is 5.67. The van der Waals surface area contributed by atoms with Gasteiger partial charge in [0.1, 0.15) is 19.5 Å². The van der Waals surface area contributed by atoms with Crippen molar-refractivity contribution in [3.63, 3.8) is 0 Å². The summed E-state index contributed by atoms with van der Waals surface area (Å²) < 4.78 is 13.1. The molecule has 1 aliphatic heterocycles. The number of benzene rings is 1. The van der Waals surface area contributed by atoms with Gasteiger partial charge >= 0.3 is 6.09 Å². The van der Waals surface area contributed by atoms with E-state index in [4.69, 9.17) is 9.47 Å². The minimum Gasteiger partial charge on any atom is -0.493 e. The van der Waals surface area contributed by atoms with Gasteiger partial charge in [0.15, 0.2) is 0 Å². The molecule has 10 heteroatoms. The van der Waals surface area contributed by atoms with Crippen molar-refractivity contribution in [3.8, 4) is 17.7 Å². The number of nitrogens with one attached hydrogen (secondary N) is 1. The third-order valence-corrected chi connectivity index (χ3v) is 5.33. The van der Waals surface area contributed by atoms with Crippen molar-refractivity contribution in [2.24, 2.45) is 0 Å². The minimum atomic E-state index is -0.352. The molecule has 2 N–H and O–H groups in total. The Labute approximate surface area is 192 Å². The molecule has 1 fully saturated rings. The number of carbonyl (C=O) groups excluding carboxylic acids is 1. The van der Waals surface area contributed by atoms with E-state index in [0.29, 0.717) is 31.1 Å². The molecule has 2 aromatic heterocycles. The zero-order valence-electron chi connectivity index (χ0n) is 18.7. The Kier molecular flexibility index (Phi) is 7.04. The lowest BCUT2D eigenvalue weighted by atomic mass is 10.1. The van der Waals surface area contributed by atoms with E-state index < -0.39 is 0 Å². The normalized spacial score (nSPS) is 16.1. The van der Waals surface area contributed by atoms with Crippen molar-refractivity contribution in [2.45, 2.75) is 32.4 Å². The second-order valence-corrected chi connectivity index (χ2v) is 8.14. The number of ether oxygens (including phenoxy) is 2. The summed E-state index contributed by atoms with van der Waals surface area (Å²) in [7, 11) is 0. The standard InChI is InChI=1S/C23H28N6O4/c1-16(2)19-20(30)26-22(29-10-8-24-15-29)27-21(19)32-14-18-12-28(11-9-25-18)23(31)33-13-17-6-4-3-5-7-17/h3-8,10,15-16,18,25H,9,11-14H2,1-2H3,(H,26,27,30). The maximum atomic E-state index is 12.5. The Hall–Kier alpha value is -3.66. The lowest BCUT2D eigenvalue weighted by Crippen LogP contribution is -2.54. The molecular formula is C23H28N6O4. The summed E-state index contributed by atoms with van der Waals surface area (Å²) in [4.78, 5) is 26.9. The van der Waals surface area contributed by atoms with Gasteiger partial charge in [-0.05, 0) is 11.5 Å². The zero-order valence-corrected chi connectivity index (χ0v) is 18.7. The van der Waals surface area contributed by atoms with Crippen LogP contribution in [0.15, 0.2) is 49.1 Å². The van der Waals surface area contributed by atoms with Crippen LogP contribution in [0.2, 0.25) is 0 Å². The van der Waals surface area contributed by atoms with Crippen LogP contribution in [0.3, 0.4) is 0 Å². The molecule has 3 heterocycles. The number of rotatable bonds is 7. The molecule has 0 radical (unpaired) electrons. The summed E-state index contributed by atoms with van der Waals surface area (Å²) in [5, 5.41) is 13.9. The number of aromatic nitrogens is 4. The molecule has 33 heavy (non-hydrogen) atoms. The number of amides is 1. The summed E-state index contributed by atoms with van der Waals surface area (Å²) in [6.45, 7) is 6.00. The molecule has 1 amide bonds. The van der Waals surface area contributed by atoms with Crippen molar-refractivity contribution in [1.29, 1.82) is 0 Å². The summed E-state index contributed by atoms with van der Waals surface area (Å²) in [6.07, 6.45) is 4.49. The van der Waals surface area contributed by atoms with Crippen LogP contribution in [0.5, 0.6) is 11.8 Å². The molecule has 1 atom stereocenters. The molecule has 4 rings (SSSR count). The largest absolute Gasteiger partial charge is 0.493 e. The molecule has 0 bridgehead atoms. The highest BCUT2D eigenvalue weighted by atomic mass is 16.6. The molecule has 0 aliphatic carbocycles. The lowest BCUT2D eigenvalue weighted by molar-refractivity contribution is 0.0792. The van der Waals surface area contributed by atoms with Crippen molar-refractivity contribution < 1.29 is 19.4 Å². The van der Waals surface area contributed by atoms with Gasteiger partial charge in [-0.2, -0.15) is 9.97 Å². The van der Waals surface area contributed by atoms with E-state index in [-0.39, 0.29) is 43.1 Å². The van der Waals surface area contributed by atoms with Gasteiger partial charge in [-0.25, -0.2) is 9.78 Å². The van der Waals surface area contributed by atoms with Crippen molar-refractivity contribution >= 4 is 6.09 Å². The van der Waals surface area contributed by atoms with E-state index in [1.165, 1.54) is 0 Å².